The van der Waals surface area contributed by atoms with Crippen molar-refractivity contribution in [2.75, 3.05) is 20.3 Å². The molecule has 2 rings (SSSR count). The van der Waals surface area contributed by atoms with Crippen LogP contribution in [0.1, 0.15) is 24.4 Å². The number of rotatable bonds is 8. The Morgan fingerprint density at radius 1 is 1.33 bits per heavy atom. The molecule has 1 aromatic carbocycles. The first kappa shape index (κ1) is 15.9. The molecule has 0 aliphatic carbocycles. The fourth-order valence-electron chi connectivity index (χ4n) is 2.04. The number of tetrazole rings is 1. The molecular formula is C14H20ClN5O. The minimum absolute atomic E-state index is 0.0837. The zero-order chi connectivity index (χ0) is 15.1. The lowest BCUT2D eigenvalue weighted by atomic mass is 10.1. The second-order valence-corrected chi connectivity index (χ2v) is 5.24. The van der Waals surface area contributed by atoms with Gasteiger partial charge in [-0.05, 0) is 41.5 Å². The van der Waals surface area contributed by atoms with Crippen molar-refractivity contribution in [1.29, 1.82) is 0 Å². The average molecular weight is 310 g/mol. The van der Waals surface area contributed by atoms with Gasteiger partial charge in [0.05, 0.1) is 12.6 Å². The van der Waals surface area contributed by atoms with Crippen LogP contribution in [0.25, 0.3) is 0 Å². The predicted molar refractivity (Wildman–Crippen MR) is 81.3 cm³/mol. The van der Waals surface area contributed by atoms with E-state index >= 15 is 0 Å². The maximum atomic E-state index is 5.88. The number of aromatic nitrogens is 4. The van der Waals surface area contributed by atoms with Crippen molar-refractivity contribution in [2.24, 2.45) is 0 Å². The van der Waals surface area contributed by atoms with Crippen LogP contribution in [0.5, 0.6) is 0 Å². The second-order valence-electron chi connectivity index (χ2n) is 4.81. The van der Waals surface area contributed by atoms with Crippen molar-refractivity contribution in [1.82, 2.24) is 25.5 Å². The summed E-state index contributed by atoms with van der Waals surface area (Å²) in [5, 5.41) is 16.0. The van der Waals surface area contributed by atoms with Crippen LogP contribution < -0.4 is 5.32 Å². The van der Waals surface area contributed by atoms with Crippen LogP contribution >= 0.6 is 11.6 Å². The minimum atomic E-state index is 0.0837. The highest BCUT2D eigenvalue weighted by atomic mass is 35.5. The number of ether oxygens (including phenoxy) is 1. The molecule has 0 amide bonds. The molecular weight excluding hydrogens is 290 g/mol. The van der Waals surface area contributed by atoms with E-state index in [-0.39, 0.29) is 6.04 Å². The molecule has 1 aromatic heterocycles. The average Bonchev–Trinajstić information content (AvgIpc) is 2.95. The Bertz CT molecular complexity index is 543. The SMILES string of the molecule is COCCNC(C)c1nnnn1CCc1ccc(Cl)cc1. The van der Waals surface area contributed by atoms with E-state index in [1.165, 1.54) is 5.56 Å². The Morgan fingerprint density at radius 3 is 2.81 bits per heavy atom. The summed E-state index contributed by atoms with van der Waals surface area (Å²) in [5.41, 5.74) is 1.21. The fraction of sp³-hybridized carbons (Fsp3) is 0.500. The second kappa shape index (κ2) is 8.07. The zero-order valence-electron chi connectivity index (χ0n) is 12.3. The number of aryl methyl sites for hydroxylation is 2. The van der Waals surface area contributed by atoms with Gasteiger partial charge in [-0.2, -0.15) is 0 Å². The summed E-state index contributed by atoms with van der Waals surface area (Å²) >= 11 is 5.88. The fourth-order valence-corrected chi connectivity index (χ4v) is 2.16. The van der Waals surface area contributed by atoms with Crippen molar-refractivity contribution in [3.8, 4) is 0 Å². The van der Waals surface area contributed by atoms with Gasteiger partial charge < -0.3 is 10.1 Å². The summed E-state index contributed by atoms with van der Waals surface area (Å²) in [6, 6.07) is 7.91. The van der Waals surface area contributed by atoms with Gasteiger partial charge in [0.1, 0.15) is 0 Å². The predicted octanol–water partition coefficient (Wildman–Crippen LogP) is 1.87. The summed E-state index contributed by atoms with van der Waals surface area (Å²) in [6.45, 7) is 4.21. The van der Waals surface area contributed by atoms with Crippen LogP contribution in [0.3, 0.4) is 0 Å². The summed E-state index contributed by atoms with van der Waals surface area (Å²) in [4.78, 5) is 0. The Hall–Kier alpha value is -1.50. The quantitative estimate of drug-likeness (QED) is 0.754. The zero-order valence-corrected chi connectivity index (χ0v) is 13.0. The smallest absolute Gasteiger partial charge is 0.167 e. The molecule has 0 spiro atoms. The van der Waals surface area contributed by atoms with E-state index in [1.807, 2.05) is 35.9 Å². The summed E-state index contributed by atoms with van der Waals surface area (Å²) in [5.74, 6) is 0.833. The molecule has 1 unspecified atom stereocenters. The Balaban J connectivity index is 1.92. The topological polar surface area (TPSA) is 64.9 Å². The van der Waals surface area contributed by atoms with E-state index in [0.29, 0.717) is 6.61 Å². The third-order valence-corrected chi connectivity index (χ3v) is 3.48. The summed E-state index contributed by atoms with van der Waals surface area (Å²) < 4.78 is 6.86. The van der Waals surface area contributed by atoms with Gasteiger partial charge in [0, 0.05) is 25.2 Å². The first-order valence-electron chi connectivity index (χ1n) is 6.93. The van der Waals surface area contributed by atoms with Gasteiger partial charge in [-0.1, -0.05) is 23.7 Å². The number of methoxy groups -OCH3 is 1. The highest BCUT2D eigenvalue weighted by Gasteiger charge is 2.13. The van der Waals surface area contributed by atoms with E-state index in [2.05, 4.69) is 20.8 Å². The molecule has 2 aromatic rings. The molecule has 1 atom stereocenters. The Kier molecular flexibility index (Phi) is 6.10. The van der Waals surface area contributed by atoms with Crippen LogP contribution in [0, 0.1) is 0 Å². The standard InChI is InChI=1S/C14H20ClN5O/c1-11(16-8-10-21-2)14-17-18-19-20(14)9-7-12-3-5-13(15)6-4-12/h3-6,11,16H,7-10H2,1-2H3. The van der Waals surface area contributed by atoms with Gasteiger partial charge in [-0.25, -0.2) is 4.68 Å². The van der Waals surface area contributed by atoms with Gasteiger partial charge in [-0.15, -0.1) is 5.10 Å². The highest BCUT2D eigenvalue weighted by Crippen LogP contribution is 2.12. The third-order valence-electron chi connectivity index (χ3n) is 3.23. The molecule has 6 nitrogen and oxygen atoms in total. The number of nitrogens with zero attached hydrogens (tertiary/aromatic N) is 4. The molecule has 0 radical (unpaired) electrons. The molecule has 114 valence electrons. The molecule has 0 bridgehead atoms. The van der Waals surface area contributed by atoms with Crippen molar-refractivity contribution >= 4 is 11.6 Å². The largest absolute Gasteiger partial charge is 0.383 e. The van der Waals surface area contributed by atoms with Crippen LogP contribution in [0.4, 0.5) is 0 Å². The summed E-state index contributed by atoms with van der Waals surface area (Å²) in [6.07, 6.45) is 0.861. The van der Waals surface area contributed by atoms with Gasteiger partial charge >= 0.3 is 0 Å². The minimum Gasteiger partial charge on any atom is -0.383 e. The van der Waals surface area contributed by atoms with E-state index in [1.54, 1.807) is 7.11 Å². The summed E-state index contributed by atoms with van der Waals surface area (Å²) in [7, 11) is 1.68. The van der Waals surface area contributed by atoms with E-state index in [0.717, 1.165) is 30.4 Å². The molecule has 1 heterocycles. The van der Waals surface area contributed by atoms with Crippen molar-refractivity contribution in [3.63, 3.8) is 0 Å². The third kappa shape index (κ3) is 4.77. The number of nitrogens with one attached hydrogen (secondary N) is 1. The molecule has 0 aliphatic heterocycles. The molecule has 7 heteroatoms. The van der Waals surface area contributed by atoms with Gasteiger partial charge in [0.25, 0.3) is 0 Å². The molecule has 0 fully saturated rings. The number of hydrogen-bond donors (Lipinski definition) is 1. The van der Waals surface area contributed by atoms with Gasteiger partial charge in [0.15, 0.2) is 5.82 Å². The first-order valence-corrected chi connectivity index (χ1v) is 7.31. The van der Waals surface area contributed by atoms with E-state index in [9.17, 15) is 0 Å². The molecule has 0 saturated heterocycles. The lowest BCUT2D eigenvalue weighted by Crippen LogP contribution is -2.26. The van der Waals surface area contributed by atoms with Crippen molar-refractivity contribution in [3.05, 3.63) is 40.7 Å². The van der Waals surface area contributed by atoms with Crippen LogP contribution in [-0.2, 0) is 17.7 Å². The number of halogens is 1. The molecule has 21 heavy (non-hydrogen) atoms. The number of benzene rings is 1. The maximum Gasteiger partial charge on any atom is 0.167 e. The van der Waals surface area contributed by atoms with Gasteiger partial charge in [0.2, 0.25) is 0 Å². The monoisotopic (exact) mass is 309 g/mol. The highest BCUT2D eigenvalue weighted by molar-refractivity contribution is 6.30. The molecule has 0 aliphatic rings. The van der Waals surface area contributed by atoms with Crippen LogP contribution in [0.2, 0.25) is 5.02 Å². The lowest BCUT2D eigenvalue weighted by Gasteiger charge is -2.13. The van der Waals surface area contributed by atoms with Crippen molar-refractivity contribution < 1.29 is 4.74 Å². The van der Waals surface area contributed by atoms with Crippen LogP contribution in [-0.4, -0.2) is 40.5 Å². The maximum absolute atomic E-state index is 5.88. The van der Waals surface area contributed by atoms with E-state index < -0.39 is 0 Å². The normalized spacial score (nSPS) is 12.5. The van der Waals surface area contributed by atoms with Gasteiger partial charge in [-0.3, -0.25) is 0 Å². The molecule has 1 N–H and O–H groups in total. The lowest BCUT2D eigenvalue weighted by molar-refractivity contribution is 0.195. The number of hydrogen-bond acceptors (Lipinski definition) is 5. The van der Waals surface area contributed by atoms with E-state index in [4.69, 9.17) is 16.3 Å². The van der Waals surface area contributed by atoms with Crippen LogP contribution in [0.15, 0.2) is 24.3 Å². The van der Waals surface area contributed by atoms with Crippen molar-refractivity contribution in [2.45, 2.75) is 25.9 Å². The first-order chi connectivity index (χ1) is 10.2. The Morgan fingerprint density at radius 2 is 2.10 bits per heavy atom. The molecule has 0 saturated carbocycles. The Labute approximate surface area is 129 Å².